The lowest BCUT2D eigenvalue weighted by atomic mass is 9.76. The van der Waals surface area contributed by atoms with Crippen LogP contribution in [0.3, 0.4) is 0 Å². The van der Waals surface area contributed by atoms with E-state index in [1.165, 1.54) is 25.3 Å². The smallest absolute Gasteiger partial charge is 0.321 e. The number of hydrogen-bond donors (Lipinski definition) is 0. The number of carbonyl (C=O) groups excluding carboxylic acids is 2. The van der Waals surface area contributed by atoms with Crippen LogP contribution >= 0.6 is 15.9 Å². The summed E-state index contributed by atoms with van der Waals surface area (Å²) >= 11 is 3.26. The lowest BCUT2D eigenvalue weighted by molar-refractivity contribution is -0.160. The number of ether oxygens (including phenoxy) is 1. The third kappa shape index (κ3) is 3.31. The SMILES string of the molecule is C=CC[C@]1(C(=O)OC)CN(S(=O)(=O)c2ccc(Br)cc2)CCC1=O. The van der Waals surface area contributed by atoms with E-state index < -0.39 is 21.4 Å². The van der Waals surface area contributed by atoms with Gasteiger partial charge in [-0.15, -0.1) is 6.58 Å². The molecule has 8 heteroatoms. The zero-order chi connectivity index (χ0) is 18.0. The molecular formula is C16H18BrNO5S. The molecule has 0 saturated carbocycles. The van der Waals surface area contributed by atoms with Crippen molar-refractivity contribution in [3.05, 3.63) is 41.4 Å². The molecule has 1 heterocycles. The van der Waals surface area contributed by atoms with Gasteiger partial charge in [0.25, 0.3) is 0 Å². The van der Waals surface area contributed by atoms with Crippen molar-refractivity contribution in [1.29, 1.82) is 0 Å². The zero-order valence-electron chi connectivity index (χ0n) is 13.2. The summed E-state index contributed by atoms with van der Waals surface area (Å²) in [5.41, 5.74) is -1.53. The molecule has 1 fully saturated rings. The predicted octanol–water partition coefficient (Wildman–Crippen LogP) is 2.15. The first-order valence-electron chi connectivity index (χ1n) is 7.26. The van der Waals surface area contributed by atoms with E-state index in [1.54, 1.807) is 12.1 Å². The third-order valence-corrected chi connectivity index (χ3v) is 6.48. The van der Waals surface area contributed by atoms with Crippen LogP contribution < -0.4 is 0 Å². The van der Waals surface area contributed by atoms with Crippen LogP contribution in [0, 0.1) is 5.41 Å². The minimum absolute atomic E-state index is 0.0326. The van der Waals surface area contributed by atoms with Crippen LogP contribution in [0.5, 0.6) is 0 Å². The fraction of sp³-hybridized carbons (Fsp3) is 0.375. The number of halogens is 1. The number of Topliss-reactive ketones (excluding diaryl/α,β-unsaturated/α-hetero) is 1. The molecule has 130 valence electrons. The topological polar surface area (TPSA) is 80.8 Å². The van der Waals surface area contributed by atoms with Crippen LogP contribution in [-0.2, 0) is 24.3 Å². The van der Waals surface area contributed by atoms with Gasteiger partial charge in [-0.3, -0.25) is 9.59 Å². The highest BCUT2D eigenvalue weighted by molar-refractivity contribution is 9.10. The standard InChI is InChI=1S/C16H18BrNO5S/c1-3-9-16(15(20)23-2)11-18(10-8-14(16)19)24(21,22)13-6-4-12(17)5-7-13/h3-7H,1,8-11H2,2H3/t16-/m0/s1. The highest BCUT2D eigenvalue weighted by Crippen LogP contribution is 2.35. The molecule has 0 bridgehead atoms. The normalized spacial score (nSPS) is 22.2. The number of hydrogen-bond acceptors (Lipinski definition) is 5. The quantitative estimate of drug-likeness (QED) is 0.418. The summed E-state index contributed by atoms with van der Waals surface area (Å²) in [7, 11) is -2.63. The summed E-state index contributed by atoms with van der Waals surface area (Å²) in [6.45, 7) is 3.36. The molecule has 0 aliphatic carbocycles. The average Bonchev–Trinajstić information content (AvgIpc) is 2.56. The van der Waals surface area contributed by atoms with Gasteiger partial charge in [0.15, 0.2) is 5.78 Å². The minimum Gasteiger partial charge on any atom is -0.468 e. The maximum absolute atomic E-state index is 12.8. The van der Waals surface area contributed by atoms with Gasteiger partial charge in [0.1, 0.15) is 5.41 Å². The Morgan fingerprint density at radius 3 is 2.58 bits per heavy atom. The van der Waals surface area contributed by atoms with Crippen LogP contribution in [0.4, 0.5) is 0 Å². The lowest BCUT2D eigenvalue weighted by Gasteiger charge is -2.38. The number of esters is 1. The van der Waals surface area contributed by atoms with E-state index in [0.29, 0.717) is 0 Å². The van der Waals surface area contributed by atoms with Crippen LogP contribution in [-0.4, -0.2) is 44.7 Å². The van der Waals surface area contributed by atoms with Crippen molar-refractivity contribution in [2.75, 3.05) is 20.2 Å². The van der Waals surface area contributed by atoms with Gasteiger partial charge in [-0.2, -0.15) is 4.31 Å². The summed E-state index contributed by atoms with van der Waals surface area (Å²) in [6, 6.07) is 6.20. The zero-order valence-corrected chi connectivity index (χ0v) is 15.6. The van der Waals surface area contributed by atoms with Gasteiger partial charge in [-0.05, 0) is 30.7 Å². The van der Waals surface area contributed by atoms with Crippen molar-refractivity contribution >= 4 is 37.7 Å². The highest BCUT2D eigenvalue weighted by atomic mass is 79.9. The largest absolute Gasteiger partial charge is 0.468 e. The van der Waals surface area contributed by atoms with Gasteiger partial charge >= 0.3 is 5.97 Å². The molecule has 0 unspecified atom stereocenters. The van der Waals surface area contributed by atoms with Crippen LogP contribution in [0.1, 0.15) is 12.8 Å². The Balaban J connectivity index is 2.41. The molecular weight excluding hydrogens is 398 g/mol. The fourth-order valence-electron chi connectivity index (χ4n) is 2.78. The number of carbonyl (C=O) groups is 2. The van der Waals surface area contributed by atoms with Crippen molar-refractivity contribution < 1.29 is 22.7 Å². The third-order valence-electron chi connectivity index (χ3n) is 4.09. The van der Waals surface area contributed by atoms with Crippen LogP contribution in [0.15, 0.2) is 46.3 Å². The molecule has 0 aromatic heterocycles. The van der Waals surface area contributed by atoms with Gasteiger partial charge in [0.2, 0.25) is 10.0 Å². The van der Waals surface area contributed by atoms with Crippen molar-refractivity contribution in [2.45, 2.75) is 17.7 Å². The van der Waals surface area contributed by atoms with E-state index in [-0.39, 0.29) is 36.6 Å². The Labute approximate surface area is 149 Å². The lowest BCUT2D eigenvalue weighted by Crippen LogP contribution is -2.55. The first kappa shape index (κ1) is 18.8. The van der Waals surface area contributed by atoms with Crippen LogP contribution in [0.2, 0.25) is 0 Å². The monoisotopic (exact) mass is 415 g/mol. The molecule has 1 aromatic carbocycles. The molecule has 0 radical (unpaired) electrons. The summed E-state index contributed by atoms with van der Waals surface area (Å²) in [5.74, 6) is -1.06. The Morgan fingerprint density at radius 1 is 1.42 bits per heavy atom. The molecule has 0 N–H and O–H groups in total. The molecule has 1 atom stereocenters. The average molecular weight is 416 g/mol. The van der Waals surface area contributed by atoms with E-state index in [4.69, 9.17) is 4.74 Å². The predicted molar refractivity (Wildman–Crippen MR) is 91.8 cm³/mol. The maximum Gasteiger partial charge on any atom is 0.321 e. The van der Waals surface area contributed by atoms with Crippen LogP contribution in [0.25, 0.3) is 0 Å². The maximum atomic E-state index is 12.8. The van der Waals surface area contributed by atoms with Crippen molar-refractivity contribution in [1.82, 2.24) is 4.31 Å². The van der Waals surface area contributed by atoms with E-state index in [2.05, 4.69) is 22.5 Å². The fourth-order valence-corrected chi connectivity index (χ4v) is 4.54. The van der Waals surface area contributed by atoms with Gasteiger partial charge in [-0.1, -0.05) is 22.0 Å². The van der Waals surface area contributed by atoms with Gasteiger partial charge in [0.05, 0.1) is 12.0 Å². The molecule has 2 rings (SSSR count). The second kappa shape index (κ2) is 7.16. The number of benzene rings is 1. The Kier molecular flexibility index (Phi) is 5.62. The van der Waals surface area contributed by atoms with Gasteiger partial charge in [0, 0.05) is 24.0 Å². The Bertz CT molecular complexity index is 749. The first-order valence-corrected chi connectivity index (χ1v) is 9.49. The van der Waals surface area contributed by atoms with E-state index in [1.807, 2.05) is 0 Å². The molecule has 6 nitrogen and oxygen atoms in total. The number of ketones is 1. The Morgan fingerprint density at radius 2 is 2.04 bits per heavy atom. The summed E-state index contributed by atoms with van der Waals surface area (Å²) in [5, 5.41) is 0. The van der Waals surface area contributed by atoms with E-state index in [9.17, 15) is 18.0 Å². The second-order valence-electron chi connectivity index (χ2n) is 5.53. The van der Waals surface area contributed by atoms with E-state index in [0.717, 1.165) is 8.78 Å². The van der Waals surface area contributed by atoms with E-state index >= 15 is 0 Å². The number of allylic oxidation sites excluding steroid dienone is 1. The molecule has 1 aliphatic heterocycles. The number of piperidine rings is 1. The Hall–Kier alpha value is -1.51. The minimum atomic E-state index is -3.82. The van der Waals surface area contributed by atoms with Gasteiger partial charge in [-0.25, -0.2) is 8.42 Å². The van der Waals surface area contributed by atoms with Crippen molar-refractivity contribution in [2.24, 2.45) is 5.41 Å². The highest BCUT2D eigenvalue weighted by Gasteiger charge is 2.51. The van der Waals surface area contributed by atoms with Crippen molar-refractivity contribution in [3.8, 4) is 0 Å². The molecule has 1 aromatic rings. The first-order chi connectivity index (χ1) is 11.3. The van der Waals surface area contributed by atoms with Gasteiger partial charge < -0.3 is 4.74 Å². The summed E-state index contributed by atoms with van der Waals surface area (Å²) in [6.07, 6.45) is 1.42. The van der Waals surface area contributed by atoms with Crippen molar-refractivity contribution in [3.63, 3.8) is 0 Å². The number of sulfonamides is 1. The molecule has 1 saturated heterocycles. The number of nitrogens with zero attached hydrogens (tertiary/aromatic N) is 1. The molecule has 0 spiro atoms. The second-order valence-corrected chi connectivity index (χ2v) is 8.39. The molecule has 0 amide bonds. The summed E-state index contributed by atoms with van der Waals surface area (Å²) in [4.78, 5) is 24.7. The molecule has 1 aliphatic rings. The summed E-state index contributed by atoms with van der Waals surface area (Å²) < 4.78 is 32.3. The number of rotatable bonds is 5. The number of methoxy groups -OCH3 is 1. The molecule has 24 heavy (non-hydrogen) atoms.